The molecule has 3 aromatic rings. The molecule has 0 atom stereocenters. The summed E-state index contributed by atoms with van der Waals surface area (Å²) in [6, 6.07) is 29.0. The van der Waals surface area contributed by atoms with Gasteiger partial charge < -0.3 is 14.6 Å². The second-order valence-corrected chi connectivity index (χ2v) is 6.08. The summed E-state index contributed by atoms with van der Waals surface area (Å²) in [6.45, 7) is 1.36. The zero-order valence-corrected chi connectivity index (χ0v) is 15.9. The summed E-state index contributed by atoms with van der Waals surface area (Å²) in [7, 11) is 0. The molecule has 0 aliphatic rings. The molecule has 3 aromatic carbocycles. The lowest BCUT2D eigenvalue weighted by Crippen LogP contribution is -2.08. The fraction of sp³-hybridized carbons (Fsp3) is 0.208. The van der Waals surface area contributed by atoms with E-state index in [1.807, 2.05) is 91.0 Å². The maximum Gasteiger partial charge on any atom is 0.308 e. The molecule has 0 heterocycles. The number of rotatable bonds is 8. The zero-order chi connectivity index (χ0) is 19.9. The smallest absolute Gasteiger partial charge is 0.308 e. The Bertz CT molecular complexity index is 773. The van der Waals surface area contributed by atoms with Crippen LogP contribution in [0.1, 0.15) is 23.1 Å². The van der Waals surface area contributed by atoms with E-state index in [-0.39, 0.29) is 19.0 Å². The third-order valence-electron chi connectivity index (χ3n) is 3.83. The minimum atomic E-state index is -0.234. The monoisotopic (exact) mass is 378 g/mol. The van der Waals surface area contributed by atoms with Gasteiger partial charge in [0.25, 0.3) is 0 Å². The average Bonchev–Trinajstić information content (AvgIpc) is 2.78. The molecule has 146 valence electrons. The maximum absolute atomic E-state index is 11.5. The van der Waals surface area contributed by atoms with Crippen LogP contribution in [-0.4, -0.2) is 17.7 Å². The molecule has 4 nitrogen and oxygen atoms in total. The van der Waals surface area contributed by atoms with Crippen LogP contribution in [-0.2, 0) is 34.1 Å². The van der Waals surface area contributed by atoms with Crippen LogP contribution in [0.5, 0.6) is 0 Å². The lowest BCUT2D eigenvalue weighted by molar-refractivity contribution is -0.146. The van der Waals surface area contributed by atoms with E-state index in [1.54, 1.807) is 0 Å². The molecule has 28 heavy (non-hydrogen) atoms. The zero-order valence-electron chi connectivity index (χ0n) is 15.9. The topological polar surface area (TPSA) is 55.8 Å². The molecule has 0 bridgehead atoms. The molecule has 0 saturated carbocycles. The predicted octanol–water partition coefficient (Wildman–Crippen LogP) is 4.52. The lowest BCUT2D eigenvalue weighted by atomic mass is 10.2. The Balaban J connectivity index is 0.000000292. The van der Waals surface area contributed by atoms with Crippen LogP contribution in [0.4, 0.5) is 0 Å². The van der Waals surface area contributed by atoms with E-state index >= 15 is 0 Å². The highest BCUT2D eigenvalue weighted by molar-refractivity contribution is 5.69. The van der Waals surface area contributed by atoms with E-state index < -0.39 is 0 Å². The molecule has 1 N–H and O–H groups in total. The van der Waals surface area contributed by atoms with Crippen molar-refractivity contribution in [3.63, 3.8) is 0 Å². The van der Waals surface area contributed by atoms with Crippen LogP contribution in [0.25, 0.3) is 0 Å². The third kappa shape index (κ3) is 9.12. The van der Waals surface area contributed by atoms with Gasteiger partial charge in [0.1, 0.15) is 6.61 Å². The Morgan fingerprint density at radius 2 is 1.14 bits per heavy atom. The lowest BCUT2D eigenvalue weighted by Gasteiger charge is -2.06. The van der Waals surface area contributed by atoms with Crippen LogP contribution < -0.4 is 0 Å². The fourth-order valence-electron chi connectivity index (χ4n) is 2.31. The van der Waals surface area contributed by atoms with Gasteiger partial charge in [-0.05, 0) is 16.7 Å². The first-order valence-corrected chi connectivity index (χ1v) is 9.24. The van der Waals surface area contributed by atoms with E-state index in [1.165, 1.54) is 0 Å². The summed E-state index contributed by atoms with van der Waals surface area (Å²) in [5.41, 5.74) is 3.06. The van der Waals surface area contributed by atoms with Gasteiger partial charge in [0.05, 0.1) is 26.2 Å². The van der Waals surface area contributed by atoms with E-state index in [4.69, 9.17) is 14.6 Å². The van der Waals surface area contributed by atoms with Crippen LogP contribution in [0.3, 0.4) is 0 Å². The predicted molar refractivity (Wildman–Crippen MR) is 109 cm³/mol. The summed E-state index contributed by atoms with van der Waals surface area (Å²) in [5, 5.41) is 8.54. The molecule has 0 radical (unpaired) electrons. The van der Waals surface area contributed by atoms with E-state index in [9.17, 15) is 4.79 Å². The van der Waals surface area contributed by atoms with Gasteiger partial charge >= 0.3 is 5.97 Å². The summed E-state index contributed by atoms with van der Waals surface area (Å²) in [6.07, 6.45) is 0.277. The molecule has 0 amide bonds. The molecule has 0 unspecified atom stereocenters. The molecule has 0 spiro atoms. The summed E-state index contributed by atoms with van der Waals surface area (Å²) >= 11 is 0. The Morgan fingerprint density at radius 1 is 0.679 bits per heavy atom. The first-order chi connectivity index (χ1) is 13.8. The highest BCUT2D eigenvalue weighted by Gasteiger charge is 2.03. The van der Waals surface area contributed by atoms with Crippen LogP contribution >= 0.6 is 0 Å². The van der Waals surface area contributed by atoms with Crippen molar-refractivity contribution in [2.24, 2.45) is 0 Å². The molecule has 0 aliphatic carbocycles. The van der Waals surface area contributed by atoms with Crippen LogP contribution in [0.2, 0.25) is 0 Å². The summed E-state index contributed by atoms with van der Waals surface area (Å²) < 4.78 is 10.6. The average molecular weight is 378 g/mol. The van der Waals surface area contributed by atoms with Gasteiger partial charge in [0.2, 0.25) is 0 Å². The van der Waals surface area contributed by atoms with Gasteiger partial charge in [-0.2, -0.15) is 0 Å². The Morgan fingerprint density at radius 3 is 1.61 bits per heavy atom. The maximum atomic E-state index is 11.5. The number of hydrogen-bond acceptors (Lipinski definition) is 4. The number of esters is 1. The quantitative estimate of drug-likeness (QED) is 0.463. The van der Waals surface area contributed by atoms with Crippen molar-refractivity contribution in [3.05, 3.63) is 108 Å². The van der Waals surface area contributed by atoms with E-state index in [2.05, 4.69) is 0 Å². The molecular weight excluding hydrogens is 352 g/mol. The standard InChI is InChI=1S/C17H18O3.C7H8O/c18-17(20-14-16-9-5-2-6-10-16)11-12-19-13-15-7-3-1-4-8-15;8-6-7-4-2-1-3-5-7/h1-10H,11-14H2;1-5,8H,6H2. The van der Waals surface area contributed by atoms with Gasteiger partial charge in [0, 0.05) is 0 Å². The normalized spacial score (nSPS) is 9.89. The summed E-state index contributed by atoms with van der Waals surface area (Å²) in [5.74, 6) is -0.234. The first-order valence-electron chi connectivity index (χ1n) is 9.24. The number of carbonyl (C=O) groups is 1. The van der Waals surface area contributed by atoms with Crippen molar-refractivity contribution < 1.29 is 19.4 Å². The van der Waals surface area contributed by atoms with Gasteiger partial charge in [-0.1, -0.05) is 91.0 Å². The second-order valence-electron chi connectivity index (χ2n) is 6.08. The second kappa shape index (κ2) is 13.3. The number of carbonyl (C=O) groups excluding carboxylic acids is 1. The minimum absolute atomic E-state index is 0.140. The van der Waals surface area contributed by atoms with Crippen LogP contribution in [0.15, 0.2) is 91.0 Å². The SMILES string of the molecule is O=C(CCOCc1ccccc1)OCc1ccccc1.OCc1ccccc1. The van der Waals surface area contributed by atoms with Crippen molar-refractivity contribution in [3.8, 4) is 0 Å². The molecule has 0 saturated heterocycles. The molecule has 3 rings (SSSR count). The Hall–Kier alpha value is -2.95. The van der Waals surface area contributed by atoms with Crippen molar-refractivity contribution in [2.75, 3.05) is 6.61 Å². The van der Waals surface area contributed by atoms with E-state index in [0.29, 0.717) is 19.8 Å². The van der Waals surface area contributed by atoms with Crippen molar-refractivity contribution >= 4 is 5.97 Å². The molecule has 0 fully saturated rings. The number of aliphatic hydroxyl groups is 1. The van der Waals surface area contributed by atoms with Crippen molar-refractivity contribution in [1.82, 2.24) is 0 Å². The van der Waals surface area contributed by atoms with Gasteiger partial charge in [-0.25, -0.2) is 0 Å². The minimum Gasteiger partial charge on any atom is -0.461 e. The number of ether oxygens (including phenoxy) is 2. The Labute approximate surface area is 166 Å². The van der Waals surface area contributed by atoms with E-state index in [0.717, 1.165) is 16.7 Å². The number of aliphatic hydroxyl groups excluding tert-OH is 1. The molecule has 4 heteroatoms. The molecular formula is C24H26O4. The van der Waals surface area contributed by atoms with Crippen molar-refractivity contribution in [2.45, 2.75) is 26.2 Å². The fourth-order valence-corrected chi connectivity index (χ4v) is 2.31. The highest BCUT2D eigenvalue weighted by atomic mass is 16.5. The molecule has 0 aromatic heterocycles. The highest BCUT2D eigenvalue weighted by Crippen LogP contribution is 2.03. The number of benzene rings is 3. The van der Waals surface area contributed by atoms with Crippen LogP contribution in [0, 0.1) is 0 Å². The Kier molecular flexibility index (Phi) is 10.1. The van der Waals surface area contributed by atoms with Gasteiger partial charge in [-0.3, -0.25) is 4.79 Å². The first kappa shape index (κ1) is 21.4. The number of hydrogen-bond donors (Lipinski definition) is 1. The third-order valence-corrected chi connectivity index (χ3v) is 3.83. The van der Waals surface area contributed by atoms with Gasteiger partial charge in [-0.15, -0.1) is 0 Å². The largest absolute Gasteiger partial charge is 0.461 e. The molecule has 0 aliphatic heterocycles. The summed E-state index contributed by atoms with van der Waals surface area (Å²) in [4.78, 5) is 11.5. The van der Waals surface area contributed by atoms with Crippen molar-refractivity contribution in [1.29, 1.82) is 0 Å². The van der Waals surface area contributed by atoms with Gasteiger partial charge in [0.15, 0.2) is 0 Å².